The minimum Gasteiger partial charge on any atom is -0.504 e. The van der Waals surface area contributed by atoms with Crippen LogP contribution in [-0.2, 0) is 11.3 Å². The fourth-order valence-electron chi connectivity index (χ4n) is 4.25. The highest BCUT2D eigenvalue weighted by molar-refractivity contribution is 5.80. The van der Waals surface area contributed by atoms with Crippen LogP contribution < -0.4 is 5.56 Å². The summed E-state index contributed by atoms with van der Waals surface area (Å²) in [7, 11) is 0. The number of fused-ring (bicyclic) bond motifs is 5. The van der Waals surface area contributed by atoms with Gasteiger partial charge in [-0.2, -0.15) is 0 Å². The second-order valence-corrected chi connectivity index (χ2v) is 8.07. The molecule has 3 aliphatic heterocycles. The molecular weight excluding hydrogens is 356 g/mol. The zero-order valence-electron chi connectivity index (χ0n) is 16.3. The first-order chi connectivity index (χ1) is 13.4. The van der Waals surface area contributed by atoms with Gasteiger partial charge in [-0.3, -0.25) is 18.9 Å². The first-order valence-corrected chi connectivity index (χ1v) is 9.79. The van der Waals surface area contributed by atoms with E-state index in [-0.39, 0.29) is 34.8 Å². The Morgan fingerprint density at radius 2 is 2.11 bits per heavy atom. The summed E-state index contributed by atoms with van der Waals surface area (Å²) in [5.41, 5.74) is 1.89. The Balaban J connectivity index is 1.58. The number of piperidine rings is 1. The van der Waals surface area contributed by atoms with Gasteiger partial charge in [0.05, 0.1) is 11.6 Å². The molecule has 7 nitrogen and oxygen atoms in total. The van der Waals surface area contributed by atoms with Crippen molar-refractivity contribution in [2.75, 3.05) is 19.6 Å². The third kappa shape index (κ3) is 3.54. The number of carbonyl (C=O) groups is 1. The highest BCUT2D eigenvalue weighted by atomic mass is 16.3. The molecule has 0 spiro atoms. The summed E-state index contributed by atoms with van der Waals surface area (Å²) in [6.45, 7) is 6.72. The second-order valence-electron chi connectivity index (χ2n) is 8.07. The van der Waals surface area contributed by atoms with E-state index in [0.717, 1.165) is 19.4 Å². The van der Waals surface area contributed by atoms with Gasteiger partial charge in [0.25, 0.3) is 5.56 Å². The zero-order valence-corrected chi connectivity index (χ0v) is 16.3. The molecule has 28 heavy (non-hydrogen) atoms. The molecule has 3 saturated heterocycles. The maximum absolute atomic E-state index is 12.9. The van der Waals surface area contributed by atoms with E-state index < -0.39 is 0 Å². The van der Waals surface area contributed by atoms with Gasteiger partial charge in [0.1, 0.15) is 0 Å². The molecule has 5 rings (SSSR count). The summed E-state index contributed by atoms with van der Waals surface area (Å²) in [5, 5.41) is 10.0. The summed E-state index contributed by atoms with van der Waals surface area (Å²) in [4.78, 5) is 34.0. The van der Waals surface area contributed by atoms with Crippen molar-refractivity contribution < 1.29 is 9.90 Å². The van der Waals surface area contributed by atoms with Crippen LogP contribution in [0.2, 0.25) is 0 Å². The van der Waals surface area contributed by atoms with E-state index in [1.807, 2.05) is 18.7 Å². The highest BCUT2D eigenvalue weighted by Crippen LogP contribution is 2.30. The molecule has 2 aromatic rings. The predicted octanol–water partition coefficient (Wildman–Crippen LogP) is 1.79. The lowest BCUT2D eigenvalue weighted by atomic mass is 9.94. The minimum atomic E-state index is -0.213. The van der Waals surface area contributed by atoms with Crippen LogP contribution in [0.1, 0.15) is 32.4 Å². The molecule has 0 unspecified atom stereocenters. The number of hydrogen-bond donors (Lipinski definition) is 1. The van der Waals surface area contributed by atoms with Gasteiger partial charge in [0, 0.05) is 44.5 Å². The average Bonchev–Trinajstić information content (AvgIpc) is 2.91. The summed E-state index contributed by atoms with van der Waals surface area (Å²) in [6, 6.07) is 4.85. The number of aromatic hydroxyl groups is 1. The smallest absolute Gasteiger partial charge is 0.258 e. The summed E-state index contributed by atoms with van der Waals surface area (Å²) in [5.74, 6) is 0.222. The van der Waals surface area contributed by atoms with Gasteiger partial charge in [0.2, 0.25) is 5.91 Å². The van der Waals surface area contributed by atoms with E-state index in [1.54, 1.807) is 12.3 Å². The van der Waals surface area contributed by atoms with Gasteiger partial charge >= 0.3 is 0 Å². The third-order valence-corrected chi connectivity index (χ3v) is 5.67. The molecule has 0 radical (unpaired) electrons. The molecule has 3 fully saturated rings. The normalized spacial score (nSPS) is 22.5. The van der Waals surface area contributed by atoms with Crippen LogP contribution in [0.5, 0.6) is 5.75 Å². The van der Waals surface area contributed by atoms with Gasteiger partial charge in [-0.25, -0.2) is 4.98 Å². The molecule has 2 aromatic heterocycles. The predicted molar refractivity (Wildman–Crippen MR) is 106 cm³/mol. The minimum absolute atomic E-state index is 0.000677. The number of pyridine rings is 1. The van der Waals surface area contributed by atoms with Crippen LogP contribution in [-0.4, -0.2) is 55.9 Å². The molecule has 1 N–H and O–H groups in total. The monoisotopic (exact) mass is 382 g/mol. The Morgan fingerprint density at radius 3 is 2.89 bits per heavy atom. The quantitative estimate of drug-likeness (QED) is 0.816. The van der Waals surface area contributed by atoms with E-state index in [4.69, 9.17) is 0 Å². The van der Waals surface area contributed by atoms with Gasteiger partial charge in [-0.15, -0.1) is 0 Å². The van der Waals surface area contributed by atoms with E-state index in [1.165, 1.54) is 22.1 Å². The molecule has 1 amide bonds. The Bertz CT molecular complexity index is 993. The molecular formula is C21H26N4O3. The number of nitrogens with zero attached hydrogens (tertiary/aromatic N) is 4. The first kappa shape index (κ1) is 18.7. The fraction of sp³-hybridized carbons (Fsp3) is 0.476. The van der Waals surface area contributed by atoms with Gasteiger partial charge in [-0.1, -0.05) is 11.6 Å². The molecule has 0 aliphatic carbocycles. The molecule has 148 valence electrons. The topological polar surface area (TPSA) is 78.2 Å². The molecule has 7 heteroatoms. The van der Waals surface area contributed by atoms with Crippen LogP contribution in [0.25, 0.3) is 5.65 Å². The van der Waals surface area contributed by atoms with E-state index in [2.05, 4.69) is 16.0 Å². The van der Waals surface area contributed by atoms with Gasteiger partial charge < -0.3 is 10.0 Å². The maximum Gasteiger partial charge on any atom is 0.258 e. The van der Waals surface area contributed by atoms with Crippen molar-refractivity contribution in [3.8, 4) is 5.75 Å². The number of hydrogen-bond acceptors (Lipinski definition) is 5. The largest absolute Gasteiger partial charge is 0.504 e. The third-order valence-electron chi connectivity index (χ3n) is 5.67. The molecule has 0 saturated carbocycles. The van der Waals surface area contributed by atoms with Crippen LogP contribution in [0.3, 0.4) is 0 Å². The van der Waals surface area contributed by atoms with Crippen LogP contribution in [0, 0.1) is 5.92 Å². The van der Waals surface area contributed by atoms with Crippen molar-refractivity contribution in [2.45, 2.75) is 39.3 Å². The average molecular weight is 382 g/mol. The summed E-state index contributed by atoms with van der Waals surface area (Å²) in [6.07, 6.45) is 5.63. The first-order valence-electron chi connectivity index (χ1n) is 9.79. The number of carbonyl (C=O) groups excluding carboxylic acids is 1. The number of allylic oxidation sites excluding steroid dienone is 1. The Morgan fingerprint density at radius 1 is 1.29 bits per heavy atom. The van der Waals surface area contributed by atoms with E-state index >= 15 is 0 Å². The van der Waals surface area contributed by atoms with Gasteiger partial charge in [-0.05, 0) is 38.8 Å². The highest BCUT2D eigenvalue weighted by Gasteiger charge is 2.40. The van der Waals surface area contributed by atoms with Crippen LogP contribution in [0.4, 0.5) is 0 Å². The lowest BCUT2D eigenvalue weighted by Crippen LogP contribution is -2.47. The molecule has 2 atom stereocenters. The maximum atomic E-state index is 12.9. The zero-order chi connectivity index (χ0) is 19.8. The van der Waals surface area contributed by atoms with Crippen molar-refractivity contribution in [3.63, 3.8) is 0 Å². The Kier molecular flexibility index (Phi) is 4.93. The second kappa shape index (κ2) is 7.39. The lowest BCUT2D eigenvalue weighted by Gasteiger charge is -2.35. The number of aromatic nitrogens is 2. The fourth-order valence-corrected chi connectivity index (χ4v) is 4.25. The standard InChI is InChI=1S/C21H26N4O3/c1-14(2)7-9-24-17-6-5-15(21(24)28)11-23(13-17)12-16-10-19(27)25-8-3-4-18(26)20(25)22-16/h3-4,7-8,10,15,17,26H,5-6,9,11-13H2,1-2H3/t15-,17+/m0/s1. The summed E-state index contributed by atoms with van der Waals surface area (Å²) >= 11 is 0. The SMILES string of the molecule is CC(C)=CCN1C(=O)[C@H]2CC[C@@H]1CN(Cc1cc(=O)n3cccc(O)c3n1)C2. The van der Waals surface area contributed by atoms with Crippen molar-refractivity contribution in [1.29, 1.82) is 0 Å². The molecule has 5 heterocycles. The summed E-state index contributed by atoms with van der Waals surface area (Å²) < 4.78 is 1.34. The number of rotatable bonds is 4. The Labute approximate surface area is 163 Å². The van der Waals surface area contributed by atoms with Crippen molar-refractivity contribution in [3.05, 3.63) is 52.1 Å². The number of amides is 1. The molecule has 0 aromatic carbocycles. The Hall–Kier alpha value is -2.67. The molecule has 2 bridgehead atoms. The molecule has 3 aliphatic rings. The van der Waals surface area contributed by atoms with Gasteiger partial charge in [0.15, 0.2) is 11.4 Å². The lowest BCUT2D eigenvalue weighted by molar-refractivity contribution is -0.139. The van der Waals surface area contributed by atoms with Crippen LogP contribution >= 0.6 is 0 Å². The van der Waals surface area contributed by atoms with E-state index in [9.17, 15) is 14.7 Å². The van der Waals surface area contributed by atoms with Crippen molar-refractivity contribution >= 4 is 11.6 Å². The van der Waals surface area contributed by atoms with E-state index in [0.29, 0.717) is 25.3 Å². The van der Waals surface area contributed by atoms with Crippen molar-refractivity contribution in [2.24, 2.45) is 5.92 Å². The van der Waals surface area contributed by atoms with Crippen LogP contribution in [0.15, 0.2) is 40.8 Å². The van der Waals surface area contributed by atoms with Crippen molar-refractivity contribution in [1.82, 2.24) is 19.2 Å².